The molecule has 1 heterocycles. The number of fused-ring (bicyclic) bond motifs is 1. The van der Waals surface area contributed by atoms with Crippen LogP contribution < -0.4 is 5.32 Å². The van der Waals surface area contributed by atoms with E-state index in [1.165, 1.54) is 25.7 Å². The van der Waals surface area contributed by atoms with Gasteiger partial charge in [-0.15, -0.1) is 0 Å². The number of hydrogen-bond donors (Lipinski definition) is 1. The summed E-state index contributed by atoms with van der Waals surface area (Å²) in [6, 6.07) is 0. The Morgan fingerprint density at radius 2 is 2.00 bits per heavy atom. The van der Waals surface area contributed by atoms with Gasteiger partial charge in [-0.05, 0) is 49.5 Å². The monoisotopic (exact) mass is 408 g/mol. The number of amides is 2. The van der Waals surface area contributed by atoms with E-state index >= 15 is 0 Å². The first-order chi connectivity index (χ1) is 13.5. The number of allylic oxidation sites excluding steroid dienone is 3. The Bertz CT molecular complexity index is 658. The molecular weight excluding hydrogens is 376 g/mol. The first-order valence-electron chi connectivity index (χ1n) is 10.8. The highest BCUT2D eigenvalue weighted by Gasteiger charge is 2.36. The molecule has 1 aliphatic heterocycles. The summed E-state index contributed by atoms with van der Waals surface area (Å²) in [5.41, 5.74) is 1.39. The molecule has 156 valence electrons. The Labute approximate surface area is 173 Å². The SMILES string of the molecule is CCCCOC(=O)NC1=CC(Cl)=C(C(=O)N2CC[C@H]3CCCC[C@H]3C2)C(C)C1. The Hall–Kier alpha value is -1.49. The topological polar surface area (TPSA) is 58.6 Å². The van der Waals surface area contributed by atoms with E-state index in [1.807, 2.05) is 18.7 Å². The molecule has 5 nitrogen and oxygen atoms in total. The minimum absolute atomic E-state index is 0.0278. The fourth-order valence-electron chi connectivity index (χ4n) is 4.79. The van der Waals surface area contributed by atoms with Gasteiger partial charge in [-0.3, -0.25) is 10.1 Å². The third-order valence-electron chi connectivity index (χ3n) is 6.38. The highest BCUT2D eigenvalue weighted by Crippen LogP contribution is 2.38. The molecule has 0 radical (unpaired) electrons. The molecule has 2 amide bonds. The molecule has 3 rings (SSSR count). The zero-order chi connectivity index (χ0) is 20.1. The molecule has 2 aliphatic carbocycles. The number of rotatable bonds is 5. The van der Waals surface area contributed by atoms with Crippen molar-refractivity contribution in [3.05, 3.63) is 22.4 Å². The molecule has 6 heteroatoms. The van der Waals surface area contributed by atoms with Gasteiger partial charge in [0.25, 0.3) is 5.91 Å². The highest BCUT2D eigenvalue weighted by molar-refractivity contribution is 6.33. The van der Waals surface area contributed by atoms with Gasteiger partial charge in [0.05, 0.1) is 11.6 Å². The van der Waals surface area contributed by atoms with Crippen LogP contribution in [0, 0.1) is 17.8 Å². The normalized spacial score (nSPS) is 27.8. The van der Waals surface area contributed by atoms with Gasteiger partial charge in [0.15, 0.2) is 0 Å². The molecule has 3 atom stereocenters. The number of nitrogens with one attached hydrogen (secondary N) is 1. The van der Waals surface area contributed by atoms with Crippen LogP contribution >= 0.6 is 11.6 Å². The molecule has 1 N–H and O–H groups in total. The predicted molar refractivity (Wildman–Crippen MR) is 111 cm³/mol. The van der Waals surface area contributed by atoms with Crippen molar-refractivity contribution in [2.24, 2.45) is 17.8 Å². The van der Waals surface area contributed by atoms with Gasteiger partial charge in [-0.1, -0.05) is 51.1 Å². The molecule has 0 spiro atoms. The van der Waals surface area contributed by atoms with E-state index in [1.54, 1.807) is 6.08 Å². The van der Waals surface area contributed by atoms with Crippen molar-refractivity contribution in [1.82, 2.24) is 10.2 Å². The fourth-order valence-corrected chi connectivity index (χ4v) is 5.19. The van der Waals surface area contributed by atoms with Crippen molar-refractivity contribution in [2.45, 2.75) is 65.2 Å². The summed E-state index contributed by atoms with van der Waals surface area (Å²) in [6.07, 6.45) is 9.96. The second-order valence-corrected chi connectivity index (χ2v) is 8.90. The van der Waals surface area contributed by atoms with Crippen LogP contribution in [0.25, 0.3) is 0 Å². The molecule has 0 aromatic carbocycles. The predicted octanol–water partition coefficient (Wildman–Crippen LogP) is 4.97. The van der Waals surface area contributed by atoms with E-state index in [9.17, 15) is 9.59 Å². The summed E-state index contributed by atoms with van der Waals surface area (Å²) in [5, 5.41) is 3.21. The lowest BCUT2D eigenvalue weighted by molar-refractivity contribution is -0.130. The van der Waals surface area contributed by atoms with E-state index in [0.717, 1.165) is 38.3 Å². The lowest BCUT2D eigenvalue weighted by atomic mass is 9.75. The number of alkyl carbamates (subject to hydrolysis) is 1. The van der Waals surface area contributed by atoms with Crippen LogP contribution in [0.1, 0.15) is 65.2 Å². The number of piperidine rings is 1. The van der Waals surface area contributed by atoms with Crippen molar-refractivity contribution in [3.63, 3.8) is 0 Å². The van der Waals surface area contributed by atoms with Crippen molar-refractivity contribution >= 4 is 23.6 Å². The number of carbonyl (C=O) groups is 2. The molecule has 0 aromatic rings. The first kappa shape index (κ1) is 21.2. The van der Waals surface area contributed by atoms with Gasteiger partial charge in [-0.25, -0.2) is 4.79 Å². The van der Waals surface area contributed by atoms with Crippen LogP contribution in [-0.2, 0) is 9.53 Å². The zero-order valence-corrected chi connectivity index (χ0v) is 17.9. The number of carbonyl (C=O) groups excluding carboxylic acids is 2. The Kier molecular flexibility index (Phi) is 7.44. The van der Waals surface area contributed by atoms with Crippen LogP contribution in [0.5, 0.6) is 0 Å². The number of unbranched alkanes of at least 4 members (excludes halogenated alkanes) is 1. The van der Waals surface area contributed by atoms with Crippen molar-refractivity contribution < 1.29 is 14.3 Å². The van der Waals surface area contributed by atoms with E-state index in [-0.39, 0.29) is 11.8 Å². The van der Waals surface area contributed by atoms with E-state index in [0.29, 0.717) is 35.2 Å². The minimum atomic E-state index is -0.453. The molecule has 1 unspecified atom stereocenters. The average Bonchev–Trinajstić information content (AvgIpc) is 2.67. The minimum Gasteiger partial charge on any atom is -0.449 e. The Morgan fingerprint density at radius 1 is 1.25 bits per heavy atom. The third-order valence-corrected chi connectivity index (χ3v) is 6.69. The van der Waals surface area contributed by atoms with Crippen molar-refractivity contribution in [3.8, 4) is 0 Å². The van der Waals surface area contributed by atoms with Gasteiger partial charge >= 0.3 is 6.09 Å². The lowest BCUT2D eigenvalue weighted by Gasteiger charge is -2.42. The fraction of sp³-hybridized carbons (Fsp3) is 0.727. The maximum absolute atomic E-state index is 13.2. The van der Waals surface area contributed by atoms with Crippen LogP contribution in [0.3, 0.4) is 0 Å². The second-order valence-electron chi connectivity index (χ2n) is 8.50. The molecule has 0 aromatic heterocycles. The summed E-state index contributed by atoms with van der Waals surface area (Å²) < 4.78 is 5.15. The zero-order valence-electron chi connectivity index (χ0n) is 17.1. The maximum atomic E-state index is 13.2. The standard InChI is InChI=1S/C22H33ClN2O3/c1-3-4-11-28-22(27)24-18-12-15(2)20(19(23)13-18)21(26)25-10-9-16-7-5-6-8-17(16)14-25/h13,15-17H,3-12,14H2,1-2H3,(H,24,27)/t15?,16-,17+/m1/s1. The number of hydrogen-bond acceptors (Lipinski definition) is 3. The van der Waals surface area contributed by atoms with Gasteiger partial charge in [0, 0.05) is 24.4 Å². The highest BCUT2D eigenvalue weighted by atomic mass is 35.5. The van der Waals surface area contributed by atoms with E-state index in [4.69, 9.17) is 16.3 Å². The van der Waals surface area contributed by atoms with E-state index in [2.05, 4.69) is 5.32 Å². The Balaban J connectivity index is 1.63. The quantitative estimate of drug-likeness (QED) is 0.653. The van der Waals surface area contributed by atoms with Crippen LogP contribution in [0.4, 0.5) is 4.79 Å². The summed E-state index contributed by atoms with van der Waals surface area (Å²) in [6.45, 7) is 6.16. The molecule has 3 aliphatic rings. The maximum Gasteiger partial charge on any atom is 0.411 e. The number of likely N-dealkylation sites (tertiary alicyclic amines) is 1. The molecule has 1 saturated heterocycles. The van der Waals surface area contributed by atoms with E-state index < -0.39 is 6.09 Å². The van der Waals surface area contributed by atoms with Crippen LogP contribution in [0.15, 0.2) is 22.4 Å². The largest absolute Gasteiger partial charge is 0.449 e. The van der Waals surface area contributed by atoms with Crippen LogP contribution in [0.2, 0.25) is 0 Å². The molecule has 1 saturated carbocycles. The summed E-state index contributed by atoms with van der Waals surface area (Å²) >= 11 is 6.50. The molecular formula is C22H33ClN2O3. The molecule has 0 bridgehead atoms. The van der Waals surface area contributed by atoms with Gasteiger partial charge < -0.3 is 9.64 Å². The van der Waals surface area contributed by atoms with Crippen molar-refractivity contribution in [1.29, 1.82) is 0 Å². The average molecular weight is 409 g/mol. The van der Waals surface area contributed by atoms with Crippen LogP contribution in [-0.4, -0.2) is 36.6 Å². The summed E-state index contributed by atoms with van der Waals surface area (Å²) in [7, 11) is 0. The van der Waals surface area contributed by atoms with Crippen molar-refractivity contribution in [2.75, 3.05) is 19.7 Å². The number of ether oxygens (including phenoxy) is 1. The number of halogens is 1. The lowest BCUT2D eigenvalue weighted by Crippen LogP contribution is -2.46. The summed E-state index contributed by atoms with van der Waals surface area (Å²) in [4.78, 5) is 27.1. The third kappa shape index (κ3) is 5.11. The van der Waals surface area contributed by atoms with Gasteiger partial charge in [0.1, 0.15) is 0 Å². The second kappa shape index (κ2) is 9.82. The Morgan fingerprint density at radius 3 is 2.71 bits per heavy atom. The molecule has 2 fully saturated rings. The smallest absolute Gasteiger partial charge is 0.411 e. The first-order valence-corrected chi connectivity index (χ1v) is 11.2. The van der Waals surface area contributed by atoms with Gasteiger partial charge in [-0.2, -0.15) is 0 Å². The number of nitrogens with zero attached hydrogens (tertiary/aromatic N) is 1. The van der Waals surface area contributed by atoms with Gasteiger partial charge in [0.2, 0.25) is 0 Å². The molecule has 28 heavy (non-hydrogen) atoms. The summed E-state index contributed by atoms with van der Waals surface area (Å²) in [5.74, 6) is 1.48.